The first-order chi connectivity index (χ1) is 12.2. The molecule has 4 amide bonds. The third kappa shape index (κ3) is 3.60. The third-order valence-corrected chi connectivity index (χ3v) is 7.11. The van der Waals surface area contributed by atoms with E-state index in [2.05, 4.69) is 31.4 Å². The Balaban J connectivity index is 1.49. The van der Waals surface area contributed by atoms with Crippen LogP contribution in [-0.2, 0) is 9.59 Å². The Kier molecular flexibility index (Phi) is 5.06. The molecule has 6 heteroatoms. The molecule has 2 N–H and O–H groups in total. The number of urea groups is 1. The maximum atomic E-state index is 12.6. The Bertz CT molecular complexity index is 591. The molecule has 0 radical (unpaired) electrons. The molecule has 146 valence electrons. The van der Waals surface area contributed by atoms with Crippen molar-refractivity contribution >= 4 is 17.8 Å². The number of carbonyl (C=O) groups is 3. The minimum absolute atomic E-state index is 0.155. The van der Waals surface area contributed by atoms with Crippen LogP contribution < -0.4 is 10.6 Å². The standard InChI is InChI=1S/C20H33N3O3/c1-5-19(2,3)13-8-10-15(11-9-13)21-16(24)12-23-17(25)20(4,14-6-7-14)22-18(23)26/h13-15H,5-12H2,1-4H3,(H,21,24)(H,22,26). The zero-order valence-corrected chi connectivity index (χ0v) is 16.6. The number of rotatable bonds is 6. The molecule has 0 aromatic carbocycles. The van der Waals surface area contributed by atoms with Gasteiger partial charge in [-0.2, -0.15) is 0 Å². The number of carbonyl (C=O) groups excluding carboxylic acids is 3. The molecule has 0 aromatic heterocycles. The van der Waals surface area contributed by atoms with Crippen LogP contribution in [-0.4, -0.2) is 40.9 Å². The Morgan fingerprint density at radius 2 is 1.81 bits per heavy atom. The van der Waals surface area contributed by atoms with E-state index in [1.54, 1.807) is 6.92 Å². The SMILES string of the molecule is CCC(C)(C)C1CCC(NC(=O)CN2C(=O)NC(C)(C3CC3)C2=O)CC1. The van der Waals surface area contributed by atoms with Crippen LogP contribution in [0.4, 0.5) is 4.79 Å². The number of nitrogens with one attached hydrogen (secondary N) is 2. The molecule has 1 heterocycles. The van der Waals surface area contributed by atoms with E-state index in [4.69, 9.17) is 0 Å². The largest absolute Gasteiger partial charge is 0.352 e. The second kappa shape index (κ2) is 6.86. The average molecular weight is 364 g/mol. The van der Waals surface area contributed by atoms with Crippen molar-refractivity contribution in [3.8, 4) is 0 Å². The number of nitrogens with zero attached hydrogens (tertiary/aromatic N) is 1. The van der Waals surface area contributed by atoms with Gasteiger partial charge in [-0.1, -0.05) is 27.2 Å². The molecule has 3 rings (SSSR count). The minimum atomic E-state index is -0.818. The summed E-state index contributed by atoms with van der Waals surface area (Å²) >= 11 is 0. The van der Waals surface area contributed by atoms with E-state index in [0.29, 0.717) is 11.3 Å². The molecule has 0 spiro atoms. The van der Waals surface area contributed by atoms with Gasteiger partial charge in [0.25, 0.3) is 5.91 Å². The molecule has 3 fully saturated rings. The Labute approximate surface area is 156 Å². The van der Waals surface area contributed by atoms with Crippen LogP contribution in [0, 0.1) is 17.3 Å². The van der Waals surface area contributed by atoms with E-state index < -0.39 is 11.6 Å². The molecule has 0 bridgehead atoms. The van der Waals surface area contributed by atoms with E-state index in [1.165, 1.54) is 6.42 Å². The molecule has 1 atom stereocenters. The maximum Gasteiger partial charge on any atom is 0.325 e. The molecule has 6 nitrogen and oxygen atoms in total. The van der Waals surface area contributed by atoms with Crippen molar-refractivity contribution < 1.29 is 14.4 Å². The topological polar surface area (TPSA) is 78.5 Å². The Morgan fingerprint density at radius 3 is 2.35 bits per heavy atom. The summed E-state index contributed by atoms with van der Waals surface area (Å²) in [4.78, 5) is 38.2. The fourth-order valence-electron chi connectivity index (χ4n) is 4.52. The molecule has 3 aliphatic rings. The van der Waals surface area contributed by atoms with Crippen molar-refractivity contribution in [2.24, 2.45) is 17.3 Å². The first-order valence-corrected chi connectivity index (χ1v) is 10.1. The van der Waals surface area contributed by atoms with Gasteiger partial charge in [0.2, 0.25) is 5.91 Å². The second-order valence-corrected chi connectivity index (χ2v) is 9.26. The normalized spacial score (nSPS) is 32.5. The van der Waals surface area contributed by atoms with Gasteiger partial charge in [-0.05, 0) is 62.7 Å². The number of hydrogen-bond donors (Lipinski definition) is 2. The predicted octanol–water partition coefficient (Wildman–Crippen LogP) is 2.82. The van der Waals surface area contributed by atoms with Gasteiger partial charge < -0.3 is 10.6 Å². The van der Waals surface area contributed by atoms with Crippen molar-refractivity contribution in [2.75, 3.05) is 6.54 Å². The summed E-state index contributed by atoms with van der Waals surface area (Å²) < 4.78 is 0. The van der Waals surface area contributed by atoms with Crippen molar-refractivity contribution in [1.29, 1.82) is 0 Å². The number of amides is 4. The first kappa shape index (κ1) is 19.2. The summed E-state index contributed by atoms with van der Waals surface area (Å²) in [6.45, 7) is 8.49. The summed E-state index contributed by atoms with van der Waals surface area (Å²) in [5, 5.41) is 5.82. The lowest BCUT2D eigenvalue weighted by Crippen LogP contribution is -2.48. The van der Waals surface area contributed by atoms with Crippen LogP contribution in [0.15, 0.2) is 0 Å². The van der Waals surface area contributed by atoms with Crippen molar-refractivity contribution in [3.63, 3.8) is 0 Å². The molecule has 1 saturated heterocycles. The van der Waals surface area contributed by atoms with Crippen LogP contribution in [0.3, 0.4) is 0 Å². The molecule has 26 heavy (non-hydrogen) atoms. The van der Waals surface area contributed by atoms with Crippen LogP contribution >= 0.6 is 0 Å². The molecular formula is C20H33N3O3. The Morgan fingerprint density at radius 1 is 1.19 bits per heavy atom. The smallest absolute Gasteiger partial charge is 0.325 e. The van der Waals surface area contributed by atoms with Gasteiger partial charge in [-0.3, -0.25) is 14.5 Å². The molecular weight excluding hydrogens is 330 g/mol. The van der Waals surface area contributed by atoms with Crippen LogP contribution in [0.2, 0.25) is 0 Å². The summed E-state index contributed by atoms with van der Waals surface area (Å²) in [5.74, 6) is 0.426. The third-order valence-electron chi connectivity index (χ3n) is 7.11. The summed E-state index contributed by atoms with van der Waals surface area (Å²) in [6, 6.07) is -0.282. The van der Waals surface area contributed by atoms with Crippen molar-refractivity contribution in [2.45, 2.75) is 84.2 Å². The quantitative estimate of drug-likeness (QED) is 0.712. The van der Waals surface area contributed by atoms with Crippen molar-refractivity contribution in [1.82, 2.24) is 15.5 Å². The number of hydrogen-bond acceptors (Lipinski definition) is 3. The highest BCUT2D eigenvalue weighted by Crippen LogP contribution is 2.43. The van der Waals surface area contributed by atoms with Gasteiger partial charge in [-0.15, -0.1) is 0 Å². The van der Waals surface area contributed by atoms with Crippen LogP contribution in [0.1, 0.15) is 72.6 Å². The lowest BCUT2D eigenvalue weighted by Gasteiger charge is -2.39. The van der Waals surface area contributed by atoms with Crippen molar-refractivity contribution in [3.05, 3.63) is 0 Å². The molecule has 1 unspecified atom stereocenters. The lowest BCUT2D eigenvalue weighted by molar-refractivity contribution is -0.135. The summed E-state index contributed by atoms with van der Waals surface area (Å²) in [6.07, 6.45) is 7.27. The van der Waals surface area contributed by atoms with E-state index in [0.717, 1.165) is 43.4 Å². The zero-order valence-electron chi connectivity index (χ0n) is 16.6. The minimum Gasteiger partial charge on any atom is -0.352 e. The molecule has 0 aromatic rings. The fraction of sp³-hybridized carbons (Fsp3) is 0.850. The van der Waals surface area contributed by atoms with Crippen LogP contribution in [0.25, 0.3) is 0 Å². The van der Waals surface area contributed by atoms with E-state index >= 15 is 0 Å². The molecule has 2 aliphatic carbocycles. The molecule has 1 aliphatic heterocycles. The zero-order chi connectivity index (χ0) is 19.1. The fourth-order valence-corrected chi connectivity index (χ4v) is 4.52. The van der Waals surface area contributed by atoms with E-state index in [-0.39, 0.29) is 30.3 Å². The summed E-state index contributed by atoms with van der Waals surface area (Å²) in [5.41, 5.74) is -0.469. The van der Waals surface area contributed by atoms with Gasteiger partial charge in [-0.25, -0.2) is 4.79 Å². The van der Waals surface area contributed by atoms with Gasteiger partial charge in [0, 0.05) is 6.04 Å². The van der Waals surface area contributed by atoms with E-state index in [1.807, 2.05) is 0 Å². The van der Waals surface area contributed by atoms with Gasteiger partial charge in [0.15, 0.2) is 0 Å². The number of imide groups is 1. The highest BCUT2D eigenvalue weighted by Gasteiger charge is 2.56. The highest BCUT2D eigenvalue weighted by molar-refractivity contribution is 6.09. The average Bonchev–Trinajstić information content (AvgIpc) is 3.42. The van der Waals surface area contributed by atoms with E-state index in [9.17, 15) is 14.4 Å². The summed E-state index contributed by atoms with van der Waals surface area (Å²) in [7, 11) is 0. The van der Waals surface area contributed by atoms with Gasteiger partial charge in [0.05, 0.1) is 0 Å². The predicted molar refractivity (Wildman–Crippen MR) is 99.3 cm³/mol. The monoisotopic (exact) mass is 363 g/mol. The lowest BCUT2D eigenvalue weighted by atomic mass is 9.69. The van der Waals surface area contributed by atoms with Gasteiger partial charge in [0.1, 0.15) is 12.1 Å². The Hall–Kier alpha value is -1.59. The highest BCUT2D eigenvalue weighted by atomic mass is 16.2. The molecule has 2 saturated carbocycles. The van der Waals surface area contributed by atoms with Gasteiger partial charge >= 0.3 is 6.03 Å². The first-order valence-electron chi connectivity index (χ1n) is 10.1. The second-order valence-electron chi connectivity index (χ2n) is 9.26. The maximum absolute atomic E-state index is 12.6. The van der Waals surface area contributed by atoms with Crippen LogP contribution in [0.5, 0.6) is 0 Å².